The van der Waals surface area contributed by atoms with Crippen molar-refractivity contribution in [2.75, 3.05) is 6.67 Å². The van der Waals surface area contributed by atoms with Crippen LogP contribution in [0.3, 0.4) is 0 Å². The van der Waals surface area contributed by atoms with Crippen molar-refractivity contribution < 1.29 is 14.0 Å². The van der Waals surface area contributed by atoms with E-state index in [-0.39, 0.29) is 23.6 Å². The lowest BCUT2D eigenvalue weighted by Gasteiger charge is -2.20. The molecule has 1 aliphatic rings. The Morgan fingerprint density at radius 1 is 1.24 bits per heavy atom. The Bertz CT molecular complexity index is 1200. The monoisotopic (exact) mass is 449 g/mol. The smallest absolute Gasteiger partial charge is 0.252 e. The number of fused-ring (bicyclic) bond motifs is 2. The Labute approximate surface area is 191 Å². The van der Waals surface area contributed by atoms with Gasteiger partial charge in [-0.1, -0.05) is 30.7 Å². The minimum absolute atomic E-state index is 0.0854. The molecule has 8 heteroatoms. The first-order valence-electron chi connectivity index (χ1n) is 11.3. The van der Waals surface area contributed by atoms with Crippen LogP contribution in [0.2, 0.25) is 0 Å². The number of nitrogens with zero attached hydrogens (tertiary/aromatic N) is 2. The fraction of sp³-hybridized carbons (Fsp3) is 0.360. The highest BCUT2D eigenvalue weighted by molar-refractivity contribution is 6.09. The van der Waals surface area contributed by atoms with E-state index < -0.39 is 6.67 Å². The topological polar surface area (TPSA) is 99.9 Å². The zero-order valence-corrected chi connectivity index (χ0v) is 18.7. The van der Waals surface area contributed by atoms with E-state index in [0.717, 1.165) is 22.4 Å². The second kappa shape index (κ2) is 9.94. The molecule has 172 valence electrons. The maximum atomic E-state index is 13.3. The van der Waals surface area contributed by atoms with Crippen molar-refractivity contribution >= 4 is 28.6 Å². The molecule has 0 saturated heterocycles. The third-order valence-electron chi connectivity index (χ3n) is 6.06. The number of hydrogen-bond donors (Lipinski definition) is 3. The third-order valence-corrected chi connectivity index (χ3v) is 6.06. The van der Waals surface area contributed by atoms with Crippen molar-refractivity contribution in [3.63, 3.8) is 0 Å². The predicted molar refractivity (Wildman–Crippen MR) is 125 cm³/mol. The molecular weight excluding hydrogens is 421 g/mol. The van der Waals surface area contributed by atoms with Crippen LogP contribution < -0.4 is 10.6 Å². The molecule has 2 amide bonds. The van der Waals surface area contributed by atoms with Gasteiger partial charge in [-0.3, -0.25) is 9.59 Å². The van der Waals surface area contributed by atoms with Crippen molar-refractivity contribution in [2.24, 2.45) is 0 Å². The fourth-order valence-corrected chi connectivity index (χ4v) is 4.42. The molecule has 7 nitrogen and oxygen atoms in total. The van der Waals surface area contributed by atoms with Crippen LogP contribution >= 0.6 is 0 Å². The number of para-hydroxylation sites is 2. The summed E-state index contributed by atoms with van der Waals surface area (Å²) in [5.41, 5.74) is 3.53. The molecule has 4 rings (SSSR count). The second-order valence-electron chi connectivity index (χ2n) is 8.23. The standard InChI is InChI=1S/C25H28FN5O2/c1-2-31-21-13-6-5-11-19(21)29-23(31)20(12-4-3-9-17(27)14-26)30-24(32)18-10-7-8-16-15-28-25(33)22(16)18/h5-8,10-11,13,20,27H,2-4,9,12,14-15H2,1H3,(H,28,33)(H,30,32)/t20-/m0/s1. The Morgan fingerprint density at radius 3 is 2.85 bits per heavy atom. The van der Waals surface area contributed by atoms with Gasteiger partial charge in [-0.25, -0.2) is 9.37 Å². The Balaban J connectivity index is 1.63. The molecule has 0 aliphatic carbocycles. The number of hydrogen-bond acceptors (Lipinski definition) is 4. The van der Waals surface area contributed by atoms with E-state index in [1.165, 1.54) is 0 Å². The van der Waals surface area contributed by atoms with Gasteiger partial charge in [0.15, 0.2) is 0 Å². The van der Waals surface area contributed by atoms with Crippen molar-refractivity contribution in [3.05, 3.63) is 65.0 Å². The highest BCUT2D eigenvalue weighted by Crippen LogP contribution is 2.26. The molecule has 33 heavy (non-hydrogen) atoms. The first-order chi connectivity index (χ1) is 16.0. The Hall–Kier alpha value is -3.55. The van der Waals surface area contributed by atoms with E-state index in [4.69, 9.17) is 10.4 Å². The number of rotatable bonds is 10. The minimum atomic E-state index is -0.729. The van der Waals surface area contributed by atoms with Gasteiger partial charge in [0.1, 0.15) is 12.5 Å². The van der Waals surface area contributed by atoms with E-state index in [2.05, 4.69) is 15.2 Å². The molecule has 3 aromatic rings. The van der Waals surface area contributed by atoms with Crippen molar-refractivity contribution in [2.45, 2.75) is 51.7 Å². The minimum Gasteiger partial charge on any atom is -0.348 e. The van der Waals surface area contributed by atoms with Crippen LogP contribution in [0.1, 0.15) is 70.8 Å². The molecule has 1 atom stereocenters. The van der Waals surface area contributed by atoms with Crippen LogP contribution in [0.4, 0.5) is 4.39 Å². The molecule has 2 heterocycles. The number of aryl methyl sites for hydroxylation is 1. The van der Waals surface area contributed by atoms with Gasteiger partial charge in [-0.2, -0.15) is 0 Å². The number of aromatic nitrogens is 2. The van der Waals surface area contributed by atoms with Crippen LogP contribution in [0.25, 0.3) is 11.0 Å². The number of amides is 2. The molecule has 3 N–H and O–H groups in total. The summed E-state index contributed by atoms with van der Waals surface area (Å²) in [6, 6.07) is 12.8. The van der Waals surface area contributed by atoms with Gasteiger partial charge < -0.3 is 20.6 Å². The van der Waals surface area contributed by atoms with Gasteiger partial charge in [-0.05, 0) is 49.9 Å². The number of alkyl halides is 1. The molecule has 0 fully saturated rings. The summed E-state index contributed by atoms with van der Waals surface area (Å²) in [5, 5.41) is 13.4. The average Bonchev–Trinajstić information content (AvgIpc) is 3.41. The predicted octanol–water partition coefficient (Wildman–Crippen LogP) is 4.32. The van der Waals surface area contributed by atoms with Gasteiger partial charge in [0.05, 0.1) is 28.2 Å². The van der Waals surface area contributed by atoms with Gasteiger partial charge in [0.2, 0.25) is 0 Å². The van der Waals surface area contributed by atoms with E-state index in [1.807, 2.05) is 37.3 Å². The molecule has 0 unspecified atom stereocenters. The fourth-order valence-electron chi connectivity index (χ4n) is 4.42. The van der Waals surface area contributed by atoms with Gasteiger partial charge in [-0.15, -0.1) is 0 Å². The summed E-state index contributed by atoms with van der Waals surface area (Å²) in [5.74, 6) is 0.197. The molecular formula is C25H28FN5O2. The lowest BCUT2D eigenvalue weighted by Crippen LogP contribution is -2.32. The highest BCUT2D eigenvalue weighted by Gasteiger charge is 2.28. The molecule has 1 aromatic heterocycles. The number of carbonyl (C=O) groups excluding carboxylic acids is 2. The largest absolute Gasteiger partial charge is 0.348 e. The van der Waals surface area contributed by atoms with E-state index in [9.17, 15) is 14.0 Å². The third kappa shape index (κ3) is 4.65. The number of imidazole rings is 1. The van der Waals surface area contributed by atoms with E-state index in [1.54, 1.807) is 12.1 Å². The number of carbonyl (C=O) groups is 2. The highest BCUT2D eigenvalue weighted by atomic mass is 19.1. The lowest BCUT2D eigenvalue weighted by atomic mass is 10.0. The molecule has 2 aromatic carbocycles. The van der Waals surface area contributed by atoms with Gasteiger partial charge in [0, 0.05) is 18.8 Å². The first-order valence-corrected chi connectivity index (χ1v) is 11.3. The summed E-state index contributed by atoms with van der Waals surface area (Å²) < 4.78 is 14.7. The van der Waals surface area contributed by atoms with Crippen molar-refractivity contribution in [3.8, 4) is 0 Å². The number of halogens is 1. The normalized spacial score (nSPS) is 13.6. The molecule has 0 saturated carbocycles. The number of benzene rings is 2. The molecule has 0 radical (unpaired) electrons. The van der Waals surface area contributed by atoms with E-state index in [0.29, 0.717) is 49.9 Å². The lowest BCUT2D eigenvalue weighted by molar-refractivity contribution is 0.0912. The van der Waals surface area contributed by atoms with E-state index >= 15 is 0 Å². The summed E-state index contributed by atoms with van der Waals surface area (Å²) >= 11 is 0. The Kier molecular flexibility index (Phi) is 6.82. The van der Waals surface area contributed by atoms with Crippen molar-refractivity contribution in [1.82, 2.24) is 20.2 Å². The quantitative estimate of drug-likeness (QED) is 0.317. The van der Waals surface area contributed by atoms with Crippen LogP contribution in [0.5, 0.6) is 0 Å². The summed E-state index contributed by atoms with van der Waals surface area (Å²) in [4.78, 5) is 30.4. The summed E-state index contributed by atoms with van der Waals surface area (Å²) in [7, 11) is 0. The van der Waals surface area contributed by atoms with Crippen LogP contribution in [0, 0.1) is 5.41 Å². The summed E-state index contributed by atoms with van der Waals surface area (Å²) in [6.07, 6.45) is 2.35. The number of nitrogens with one attached hydrogen (secondary N) is 3. The molecule has 1 aliphatic heterocycles. The van der Waals surface area contributed by atoms with Crippen LogP contribution in [-0.4, -0.2) is 33.8 Å². The maximum absolute atomic E-state index is 13.3. The van der Waals surface area contributed by atoms with Gasteiger partial charge in [0.25, 0.3) is 11.8 Å². The maximum Gasteiger partial charge on any atom is 0.252 e. The first kappa shape index (κ1) is 22.6. The average molecular weight is 450 g/mol. The zero-order chi connectivity index (χ0) is 23.4. The van der Waals surface area contributed by atoms with Crippen LogP contribution in [0.15, 0.2) is 42.5 Å². The SMILES string of the molecule is CCn1c([C@H](CCCCC(=N)CF)NC(=O)c2cccc3c2C(=O)NC3)nc2ccccc21. The number of unbranched alkanes of at least 4 members (excludes halogenated alkanes) is 1. The zero-order valence-electron chi connectivity index (χ0n) is 18.7. The molecule has 0 spiro atoms. The Morgan fingerprint density at radius 2 is 2.06 bits per heavy atom. The summed E-state index contributed by atoms with van der Waals surface area (Å²) in [6.45, 7) is 2.42. The van der Waals surface area contributed by atoms with Crippen molar-refractivity contribution in [1.29, 1.82) is 5.41 Å². The second-order valence-corrected chi connectivity index (χ2v) is 8.23. The van der Waals surface area contributed by atoms with Gasteiger partial charge >= 0.3 is 0 Å². The van der Waals surface area contributed by atoms with Crippen LogP contribution in [-0.2, 0) is 13.1 Å². The molecule has 0 bridgehead atoms.